The SMILES string of the molecule is Cc1nncc2n[nH]nc12. The Labute approximate surface area is 56.5 Å². The molecule has 10 heavy (non-hydrogen) atoms. The number of nitrogens with zero attached hydrogens (tertiary/aromatic N) is 4. The van der Waals surface area contributed by atoms with Crippen molar-refractivity contribution in [3.8, 4) is 0 Å². The maximum atomic E-state index is 3.88. The maximum Gasteiger partial charge on any atom is 0.137 e. The van der Waals surface area contributed by atoms with Crippen molar-refractivity contribution in [2.24, 2.45) is 0 Å². The predicted octanol–water partition coefficient (Wildman–Crippen LogP) is 0.0563. The fraction of sp³-hybridized carbons (Fsp3) is 0.200. The molecule has 0 bridgehead atoms. The second-order valence-corrected chi connectivity index (χ2v) is 1.99. The molecule has 2 rings (SSSR count). The second-order valence-electron chi connectivity index (χ2n) is 1.99. The van der Waals surface area contributed by atoms with E-state index in [0.29, 0.717) is 0 Å². The number of fused-ring (bicyclic) bond motifs is 1. The molecule has 0 spiro atoms. The standard InChI is InChI=1S/C5H5N5/c1-3-5-4(2-6-7-3)8-10-9-5/h2H,1H3,(H,8,9,10). The topological polar surface area (TPSA) is 67.3 Å². The van der Waals surface area contributed by atoms with Gasteiger partial charge in [-0.1, -0.05) is 0 Å². The Morgan fingerprint density at radius 3 is 3.10 bits per heavy atom. The summed E-state index contributed by atoms with van der Waals surface area (Å²) >= 11 is 0. The van der Waals surface area contributed by atoms with Gasteiger partial charge in [0, 0.05) is 0 Å². The normalized spacial score (nSPS) is 10.5. The summed E-state index contributed by atoms with van der Waals surface area (Å²) < 4.78 is 0. The van der Waals surface area contributed by atoms with Gasteiger partial charge in [-0.2, -0.15) is 25.6 Å². The molecule has 2 aromatic heterocycles. The molecule has 5 nitrogen and oxygen atoms in total. The van der Waals surface area contributed by atoms with E-state index in [1.165, 1.54) is 0 Å². The van der Waals surface area contributed by atoms with E-state index in [0.717, 1.165) is 16.7 Å². The third kappa shape index (κ3) is 0.570. The van der Waals surface area contributed by atoms with Crippen LogP contribution in [0.3, 0.4) is 0 Å². The molecular formula is C5H5N5. The monoisotopic (exact) mass is 135 g/mol. The van der Waals surface area contributed by atoms with Crippen LogP contribution >= 0.6 is 0 Å². The molecule has 2 heterocycles. The Bertz CT molecular complexity index is 352. The summed E-state index contributed by atoms with van der Waals surface area (Å²) in [5, 5.41) is 17.7. The maximum absolute atomic E-state index is 3.88. The van der Waals surface area contributed by atoms with Crippen molar-refractivity contribution in [1.29, 1.82) is 0 Å². The van der Waals surface area contributed by atoms with E-state index in [4.69, 9.17) is 0 Å². The van der Waals surface area contributed by atoms with Crippen LogP contribution in [0.25, 0.3) is 11.0 Å². The molecule has 0 amide bonds. The molecule has 0 unspecified atom stereocenters. The smallest absolute Gasteiger partial charge is 0.137 e. The van der Waals surface area contributed by atoms with Gasteiger partial charge in [0.15, 0.2) is 0 Å². The molecule has 0 aliphatic carbocycles. The van der Waals surface area contributed by atoms with Gasteiger partial charge < -0.3 is 0 Å². The van der Waals surface area contributed by atoms with Gasteiger partial charge in [-0.3, -0.25) is 0 Å². The summed E-state index contributed by atoms with van der Waals surface area (Å²) in [4.78, 5) is 0. The molecule has 0 aliphatic rings. The molecule has 5 heteroatoms. The van der Waals surface area contributed by atoms with Gasteiger partial charge >= 0.3 is 0 Å². The van der Waals surface area contributed by atoms with Crippen molar-refractivity contribution in [2.45, 2.75) is 6.92 Å². The highest BCUT2D eigenvalue weighted by atomic mass is 15.3. The average Bonchev–Trinajstić information content (AvgIpc) is 2.36. The van der Waals surface area contributed by atoms with Gasteiger partial charge in [-0.25, -0.2) is 0 Å². The lowest BCUT2D eigenvalue weighted by atomic mass is 10.4. The van der Waals surface area contributed by atoms with Crippen LogP contribution in [-0.2, 0) is 0 Å². The summed E-state index contributed by atoms with van der Waals surface area (Å²) in [6.07, 6.45) is 1.58. The number of H-pyrrole nitrogens is 1. The van der Waals surface area contributed by atoms with E-state index in [2.05, 4.69) is 25.6 Å². The predicted molar refractivity (Wildman–Crippen MR) is 34.2 cm³/mol. The van der Waals surface area contributed by atoms with Crippen LogP contribution in [0, 0.1) is 6.92 Å². The van der Waals surface area contributed by atoms with Crippen LogP contribution in [0.4, 0.5) is 0 Å². The van der Waals surface area contributed by atoms with E-state index in [-0.39, 0.29) is 0 Å². The van der Waals surface area contributed by atoms with E-state index >= 15 is 0 Å². The molecule has 0 atom stereocenters. The number of nitrogens with one attached hydrogen (secondary N) is 1. The Morgan fingerprint density at radius 2 is 2.30 bits per heavy atom. The first-order valence-corrected chi connectivity index (χ1v) is 2.86. The zero-order chi connectivity index (χ0) is 6.97. The summed E-state index contributed by atoms with van der Waals surface area (Å²) in [5.41, 5.74) is 2.34. The second kappa shape index (κ2) is 1.73. The first-order chi connectivity index (χ1) is 4.88. The molecule has 0 aliphatic heterocycles. The molecule has 0 fully saturated rings. The van der Waals surface area contributed by atoms with E-state index in [1.807, 2.05) is 6.92 Å². The average molecular weight is 135 g/mol. The van der Waals surface area contributed by atoms with Crippen LogP contribution in [0.2, 0.25) is 0 Å². The molecule has 50 valence electrons. The lowest BCUT2D eigenvalue weighted by molar-refractivity contribution is 0.956. The Balaban J connectivity index is 2.95. The quantitative estimate of drug-likeness (QED) is 0.554. The number of rotatable bonds is 0. The summed E-state index contributed by atoms with van der Waals surface area (Å²) in [6, 6.07) is 0. The van der Waals surface area contributed by atoms with Gasteiger partial charge in [-0.05, 0) is 6.92 Å². The molecule has 0 radical (unpaired) electrons. The Morgan fingerprint density at radius 1 is 1.40 bits per heavy atom. The van der Waals surface area contributed by atoms with Crippen molar-refractivity contribution in [3.05, 3.63) is 11.9 Å². The number of aromatic nitrogens is 5. The molecule has 1 N–H and O–H groups in total. The molecule has 2 aromatic rings. The lowest BCUT2D eigenvalue weighted by Crippen LogP contribution is -1.85. The summed E-state index contributed by atoms with van der Waals surface area (Å²) in [6.45, 7) is 1.85. The first-order valence-electron chi connectivity index (χ1n) is 2.86. The highest BCUT2D eigenvalue weighted by molar-refractivity contribution is 5.73. The number of hydrogen-bond acceptors (Lipinski definition) is 4. The van der Waals surface area contributed by atoms with Gasteiger partial charge in [0.2, 0.25) is 0 Å². The third-order valence-corrected chi connectivity index (χ3v) is 1.31. The van der Waals surface area contributed by atoms with Crippen molar-refractivity contribution in [2.75, 3.05) is 0 Å². The van der Waals surface area contributed by atoms with Crippen LogP contribution in [0.1, 0.15) is 5.69 Å². The first kappa shape index (κ1) is 5.28. The van der Waals surface area contributed by atoms with Crippen molar-refractivity contribution < 1.29 is 0 Å². The highest BCUT2D eigenvalue weighted by Crippen LogP contribution is 2.06. The number of aryl methyl sites for hydroxylation is 1. The molecule has 0 aromatic carbocycles. The van der Waals surface area contributed by atoms with Crippen LogP contribution < -0.4 is 0 Å². The van der Waals surface area contributed by atoms with Crippen molar-refractivity contribution in [1.82, 2.24) is 25.6 Å². The molecule has 0 saturated heterocycles. The van der Waals surface area contributed by atoms with Crippen LogP contribution in [-0.4, -0.2) is 25.6 Å². The Hall–Kier alpha value is -1.52. The van der Waals surface area contributed by atoms with Gasteiger partial charge in [0.1, 0.15) is 11.0 Å². The molecular weight excluding hydrogens is 130 g/mol. The number of hydrogen-bond donors (Lipinski definition) is 1. The largest absolute Gasteiger partial charge is 0.197 e. The highest BCUT2D eigenvalue weighted by Gasteiger charge is 2.00. The fourth-order valence-electron chi connectivity index (χ4n) is 0.813. The van der Waals surface area contributed by atoms with Gasteiger partial charge in [0.25, 0.3) is 0 Å². The minimum Gasteiger partial charge on any atom is -0.197 e. The van der Waals surface area contributed by atoms with Crippen LogP contribution in [0.15, 0.2) is 6.20 Å². The van der Waals surface area contributed by atoms with E-state index in [1.54, 1.807) is 6.20 Å². The fourth-order valence-corrected chi connectivity index (χ4v) is 0.813. The summed E-state index contributed by atoms with van der Waals surface area (Å²) in [5.74, 6) is 0. The van der Waals surface area contributed by atoms with Crippen molar-refractivity contribution >= 4 is 11.0 Å². The third-order valence-electron chi connectivity index (χ3n) is 1.31. The van der Waals surface area contributed by atoms with Crippen molar-refractivity contribution in [3.63, 3.8) is 0 Å². The van der Waals surface area contributed by atoms with E-state index < -0.39 is 0 Å². The van der Waals surface area contributed by atoms with Gasteiger partial charge in [0.05, 0.1) is 11.9 Å². The zero-order valence-corrected chi connectivity index (χ0v) is 5.37. The number of aromatic amines is 1. The minimum atomic E-state index is 0.757. The lowest BCUT2D eigenvalue weighted by Gasteiger charge is -1.86. The minimum absolute atomic E-state index is 0.757. The molecule has 0 saturated carbocycles. The van der Waals surface area contributed by atoms with Crippen LogP contribution in [0.5, 0.6) is 0 Å². The zero-order valence-electron chi connectivity index (χ0n) is 5.37. The van der Waals surface area contributed by atoms with E-state index in [9.17, 15) is 0 Å². The summed E-state index contributed by atoms with van der Waals surface area (Å²) in [7, 11) is 0. The Kier molecular flexibility index (Phi) is 0.913. The van der Waals surface area contributed by atoms with Gasteiger partial charge in [-0.15, -0.1) is 0 Å².